The van der Waals surface area contributed by atoms with Crippen LogP contribution in [-0.2, 0) is 20.2 Å². The number of aryl methyl sites for hydroxylation is 1. The second-order valence-electron chi connectivity index (χ2n) is 7.92. The van der Waals surface area contributed by atoms with E-state index in [0.29, 0.717) is 5.69 Å². The van der Waals surface area contributed by atoms with Gasteiger partial charge in [-0.25, -0.2) is 0 Å². The summed E-state index contributed by atoms with van der Waals surface area (Å²) < 4.78 is 68.0. The van der Waals surface area contributed by atoms with E-state index in [1.165, 1.54) is 12.1 Å². The van der Waals surface area contributed by atoms with Crippen LogP contribution in [0.25, 0.3) is 10.8 Å². The topological polar surface area (TPSA) is 183 Å². The summed E-state index contributed by atoms with van der Waals surface area (Å²) in [6.45, 7) is 1.79. The Labute approximate surface area is 268 Å². The summed E-state index contributed by atoms with van der Waals surface area (Å²) >= 11 is 0. The van der Waals surface area contributed by atoms with Gasteiger partial charge in [0.2, 0.25) is 0 Å². The van der Waals surface area contributed by atoms with Gasteiger partial charge in [-0.15, -0.1) is 5.11 Å². The Morgan fingerprint density at radius 2 is 1.44 bits per heavy atom. The van der Waals surface area contributed by atoms with Crippen LogP contribution < -0.4 is 5.32 Å². The zero-order chi connectivity index (χ0) is 27.0. The third-order valence-corrected chi connectivity index (χ3v) is 7.06. The number of carbonyl (C=O) groups excluding carboxylic acids is 1. The van der Waals surface area contributed by atoms with Gasteiger partial charge in [-0.3, -0.25) is 13.9 Å². The van der Waals surface area contributed by atoms with E-state index >= 15 is 0 Å². The zero-order valence-electron chi connectivity index (χ0n) is 21.0. The zero-order valence-corrected chi connectivity index (χ0v) is 26.7. The largest absolute Gasteiger partial charge is 0.505 e. The van der Waals surface area contributed by atoms with Gasteiger partial charge in [-0.1, -0.05) is 30.3 Å². The number of nitrogens with zero attached hydrogens (tertiary/aromatic N) is 2. The summed E-state index contributed by atoms with van der Waals surface area (Å²) in [5, 5.41) is 20.5. The van der Waals surface area contributed by atoms with Gasteiger partial charge in [0.1, 0.15) is 15.5 Å². The predicted octanol–water partition coefficient (Wildman–Crippen LogP) is 4.25. The molecule has 0 aromatic heterocycles. The molecule has 2 radical (unpaired) electrons. The molecule has 0 aliphatic carbocycles. The van der Waals surface area contributed by atoms with Crippen LogP contribution in [0.3, 0.4) is 0 Å². The first-order chi connectivity index (χ1) is 17.4. The maximum absolute atomic E-state index is 12.8. The molecule has 0 unspecified atom stereocenters. The van der Waals surface area contributed by atoms with Gasteiger partial charge in [0, 0.05) is 70.1 Å². The number of aromatic hydroxyl groups is 1. The van der Waals surface area contributed by atoms with Gasteiger partial charge in [-0.05, 0) is 55.0 Å². The van der Waals surface area contributed by atoms with Gasteiger partial charge in [-0.2, -0.15) is 21.9 Å². The first-order valence-electron chi connectivity index (χ1n) is 10.5. The molecule has 0 fully saturated rings. The van der Waals surface area contributed by atoms with E-state index in [9.17, 15) is 35.8 Å². The molecule has 4 rings (SSSR count). The molecule has 1 amide bonds. The maximum Gasteiger partial charge on any atom is 0.296 e. The Bertz CT molecular complexity index is 1800. The number of rotatable bonds is 6. The van der Waals surface area contributed by atoms with E-state index in [1.54, 1.807) is 49.4 Å². The number of hydrogen-bond donors (Lipinski definition) is 4. The molecular weight excluding hydrogens is 568 g/mol. The first kappa shape index (κ1) is 33.0. The monoisotopic (exact) mass is 587 g/mol. The smallest absolute Gasteiger partial charge is 0.296 e. The van der Waals surface area contributed by atoms with Gasteiger partial charge in [0.05, 0.1) is 16.8 Å². The van der Waals surface area contributed by atoms with Crippen LogP contribution in [-0.4, -0.2) is 96.1 Å². The molecule has 0 heterocycles. The quantitative estimate of drug-likeness (QED) is 0.147. The van der Waals surface area contributed by atoms with E-state index in [0.717, 1.165) is 23.8 Å². The van der Waals surface area contributed by atoms with E-state index in [-0.39, 0.29) is 75.8 Å². The third-order valence-electron chi connectivity index (χ3n) is 5.28. The van der Waals surface area contributed by atoms with Crippen molar-refractivity contribution in [3.05, 3.63) is 83.9 Å². The standard InChI is InChI=1S/C24H19N3O8S2.2Na/c1-14-6-5-9-16(12-14)26-27-22-20(37(33,34)35)13-17-19(36(30,31)32)11-10-18(21(17)23(22)28)25-24(29)15-7-3-2-4-8-15;;/h2-13,28H,1H3,(H,25,29)(H,30,31,32)(H,33,34,35);;. The molecule has 4 N–H and O–H groups in total. The van der Waals surface area contributed by atoms with E-state index < -0.39 is 52.8 Å². The van der Waals surface area contributed by atoms with Gasteiger partial charge >= 0.3 is 0 Å². The van der Waals surface area contributed by atoms with Crippen molar-refractivity contribution in [1.29, 1.82) is 0 Å². The molecule has 4 aromatic rings. The van der Waals surface area contributed by atoms with Crippen molar-refractivity contribution in [2.75, 3.05) is 5.32 Å². The molecule has 39 heavy (non-hydrogen) atoms. The minimum atomic E-state index is -5.08. The van der Waals surface area contributed by atoms with Gasteiger partial charge in [0.25, 0.3) is 26.1 Å². The molecule has 0 aliphatic heterocycles. The average Bonchev–Trinajstić information content (AvgIpc) is 2.82. The number of benzene rings is 4. The fourth-order valence-corrected chi connectivity index (χ4v) is 4.97. The number of anilines is 1. The van der Waals surface area contributed by atoms with Crippen LogP contribution in [0.15, 0.2) is 92.8 Å². The fourth-order valence-electron chi connectivity index (χ4n) is 3.64. The molecule has 192 valence electrons. The third kappa shape index (κ3) is 7.52. The van der Waals surface area contributed by atoms with Crippen molar-refractivity contribution in [3.63, 3.8) is 0 Å². The normalized spacial score (nSPS) is 11.6. The minimum absolute atomic E-state index is 0. The van der Waals surface area contributed by atoms with E-state index in [4.69, 9.17) is 0 Å². The Morgan fingerprint density at radius 1 is 0.795 bits per heavy atom. The van der Waals surface area contributed by atoms with Crippen LogP contribution in [0.2, 0.25) is 0 Å². The number of hydrogen-bond acceptors (Lipinski definition) is 8. The molecular formula is C24H19N3Na2O8S2. The number of azo groups is 1. The number of carbonyl (C=O) groups is 1. The Kier molecular flexibility index (Phi) is 11.0. The van der Waals surface area contributed by atoms with Crippen molar-refractivity contribution < 1.29 is 35.8 Å². The van der Waals surface area contributed by atoms with E-state index in [2.05, 4.69) is 15.5 Å². The van der Waals surface area contributed by atoms with Gasteiger partial charge in [0.15, 0.2) is 5.75 Å². The number of phenolic OH excluding ortho intramolecular Hbond substituents is 1. The second kappa shape index (κ2) is 13.0. The van der Waals surface area contributed by atoms with Crippen molar-refractivity contribution in [1.82, 2.24) is 0 Å². The van der Waals surface area contributed by atoms with Gasteiger partial charge < -0.3 is 10.4 Å². The summed E-state index contributed by atoms with van der Waals surface area (Å²) in [5.41, 5.74) is 0.521. The predicted molar refractivity (Wildman–Crippen MR) is 147 cm³/mol. The summed E-state index contributed by atoms with van der Waals surface area (Å²) in [4.78, 5) is 11.0. The molecule has 0 aliphatic rings. The summed E-state index contributed by atoms with van der Waals surface area (Å²) in [7, 11) is -10.0. The minimum Gasteiger partial charge on any atom is -0.505 e. The van der Waals surface area contributed by atoms with Crippen LogP contribution in [0.1, 0.15) is 15.9 Å². The SMILES string of the molecule is Cc1cccc(N=Nc2c(S(=O)(=O)O)cc3c(S(=O)(=O)O)ccc(NC(=O)c4ccccc4)c3c2O)c1.[Na].[Na]. The Morgan fingerprint density at radius 3 is 2.03 bits per heavy atom. The van der Waals surface area contributed by atoms with Crippen LogP contribution in [0.4, 0.5) is 17.1 Å². The molecule has 0 atom stereocenters. The molecule has 0 saturated carbocycles. The molecule has 15 heteroatoms. The maximum atomic E-state index is 12.8. The van der Waals surface area contributed by atoms with Crippen LogP contribution >= 0.6 is 0 Å². The van der Waals surface area contributed by atoms with Crippen molar-refractivity contribution in [3.8, 4) is 5.75 Å². The molecule has 0 saturated heterocycles. The van der Waals surface area contributed by atoms with Crippen LogP contribution in [0, 0.1) is 6.92 Å². The van der Waals surface area contributed by atoms with Crippen molar-refractivity contribution in [2.24, 2.45) is 10.2 Å². The summed E-state index contributed by atoms with van der Waals surface area (Å²) in [6, 6.07) is 17.3. The number of amides is 1. The van der Waals surface area contributed by atoms with E-state index in [1.807, 2.05) is 0 Å². The second-order valence-corrected chi connectivity index (χ2v) is 10.7. The average molecular weight is 588 g/mol. The van der Waals surface area contributed by atoms with Crippen molar-refractivity contribution in [2.45, 2.75) is 16.7 Å². The summed E-state index contributed by atoms with van der Waals surface area (Å²) in [6.07, 6.45) is 0. The Hall–Kier alpha value is -2.17. The molecule has 0 spiro atoms. The molecule has 0 bridgehead atoms. The number of phenols is 1. The molecule has 11 nitrogen and oxygen atoms in total. The van der Waals surface area contributed by atoms with Crippen LogP contribution in [0.5, 0.6) is 5.75 Å². The Balaban J connectivity index is 0.00000267. The first-order valence-corrected chi connectivity index (χ1v) is 13.4. The van der Waals surface area contributed by atoms with Crippen molar-refractivity contribution >= 4 is 113 Å². The number of fused-ring (bicyclic) bond motifs is 1. The number of nitrogens with one attached hydrogen (secondary N) is 1. The summed E-state index contributed by atoms with van der Waals surface area (Å²) in [5.74, 6) is -1.53. The fraction of sp³-hybridized carbons (Fsp3) is 0.0417. The molecule has 4 aromatic carbocycles.